The molecule has 3 nitrogen and oxygen atoms in total. The Kier molecular flexibility index (Phi) is 4.07. The Labute approximate surface area is 104 Å². The molecule has 6 heteroatoms. The molecule has 0 amide bonds. The Morgan fingerprint density at radius 3 is 2.65 bits per heavy atom. The van der Waals surface area contributed by atoms with Crippen molar-refractivity contribution in [2.24, 2.45) is 0 Å². The van der Waals surface area contributed by atoms with Crippen molar-refractivity contribution >= 4 is 18.2 Å². The smallest absolute Gasteiger partial charge is 0.141 e. The minimum absolute atomic E-state index is 0. The molecule has 0 unspecified atom stereocenters. The molecule has 92 valence electrons. The zero-order valence-corrected chi connectivity index (χ0v) is 9.97. The first kappa shape index (κ1) is 13.4. The summed E-state index contributed by atoms with van der Waals surface area (Å²) >= 11 is 0. The van der Waals surface area contributed by atoms with Gasteiger partial charge in [-0.15, -0.1) is 12.4 Å². The number of aromatic nitrogens is 2. The second-order valence-corrected chi connectivity index (χ2v) is 3.67. The number of rotatable bonds is 2. The molecule has 0 atom stereocenters. The van der Waals surface area contributed by atoms with Crippen LogP contribution in [0.25, 0.3) is 0 Å². The van der Waals surface area contributed by atoms with Gasteiger partial charge in [-0.1, -0.05) is 0 Å². The zero-order valence-electron chi connectivity index (χ0n) is 9.15. The third kappa shape index (κ3) is 2.94. The molecule has 1 heterocycles. The van der Waals surface area contributed by atoms with Crippen molar-refractivity contribution in [1.82, 2.24) is 9.55 Å². The minimum Gasteiger partial charge on any atom is -0.382 e. The largest absolute Gasteiger partial charge is 0.382 e. The van der Waals surface area contributed by atoms with Crippen LogP contribution in [0.2, 0.25) is 0 Å². The van der Waals surface area contributed by atoms with Gasteiger partial charge in [-0.05, 0) is 24.6 Å². The minimum atomic E-state index is -0.443. The van der Waals surface area contributed by atoms with E-state index in [2.05, 4.69) is 4.98 Å². The molecule has 0 fully saturated rings. The standard InChI is InChI=1S/C11H11F2N3.ClH/c1-7-2-9(12)3-8(11(7)13)4-16-5-10(14)15-6-16;/h2-3,5-6H,4,14H2,1H3;1H. The Morgan fingerprint density at radius 1 is 1.35 bits per heavy atom. The molecule has 2 aromatic rings. The van der Waals surface area contributed by atoms with E-state index in [4.69, 9.17) is 5.73 Å². The molecule has 1 aromatic carbocycles. The van der Waals surface area contributed by atoms with Crippen LogP contribution >= 0.6 is 12.4 Å². The molecule has 0 radical (unpaired) electrons. The van der Waals surface area contributed by atoms with E-state index in [9.17, 15) is 8.78 Å². The summed E-state index contributed by atoms with van der Waals surface area (Å²) < 4.78 is 28.3. The van der Waals surface area contributed by atoms with E-state index < -0.39 is 11.6 Å². The molecule has 2 rings (SSSR count). The van der Waals surface area contributed by atoms with Gasteiger partial charge in [0.25, 0.3) is 0 Å². The van der Waals surface area contributed by atoms with Crippen molar-refractivity contribution in [2.45, 2.75) is 13.5 Å². The van der Waals surface area contributed by atoms with Crippen molar-refractivity contribution < 1.29 is 8.78 Å². The van der Waals surface area contributed by atoms with Gasteiger partial charge in [-0.3, -0.25) is 0 Å². The summed E-state index contributed by atoms with van der Waals surface area (Å²) in [6.07, 6.45) is 3.05. The number of nitrogens with zero attached hydrogens (tertiary/aromatic N) is 2. The highest BCUT2D eigenvalue weighted by Gasteiger charge is 2.08. The lowest BCUT2D eigenvalue weighted by atomic mass is 10.1. The number of imidazole rings is 1. The van der Waals surface area contributed by atoms with Gasteiger partial charge >= 0.3 is 0 Å². The first-order chi connectivity index (χ1) is 7.56. The monoisotopic (exact) mass is 259 g/mol. The van der Waals surface area contributed by atoms with Crippen molar-refractivity contribution in [3.63, 3.8) is 0 Å². The number of benzene rings is 1. The highest BCUT2D eigenvalue weighted by atomic mass is 35.5. The third-order valence-electron chi connectivity index (χ3n) is 2.30. The second-order valence-electron chi connectivity index (χ2n) is 3.67. The highest BCUT2D eigenvalue weighted by molar-refractivity contribution is 5.85. The maximum Gasteiger partial charge on any atom is 0.141 e. The number of nitrogens with two attached hydrogens (primary N) is 1. The van der Waals surface area contributed by atoms with Crippen LogP contribution < -0.4 is 5.73 Å². The van der Waals surface area contributed by atoms with Gasteiger partial charge in [0.1, 0.15) is 17.5 Å². The van der Waals surface area contributed by atoms with E-state index >= 15 is 0 Å². The fraction of sp³-hybridized carbons (Fsp3) is 0.182. The average Bonchev–Trinajstić information content (AvgIpc) is 2.60. The summed E-state index contributed by atoms with van der Waals surface area (Å²) in [6, 6.07) is 2.35. The average molecular weight is 260 g/mol. The lowest BCUT2D eigenvalue weighted by Crippen LogP contribution is -2.02. The molecule has 0 saturated heterocycles. The summed E-state index contributed by atoms with van der Waals surface area (Å²) in [6.45, 7) is 1.75. The third-order valence-corrected chi connectivity index (χ3v) is 2.30. The predicted molar refractivity (Wildman–Crippen MR) is 64.1 cm³/mol. The number of aryl methyl sites for hydroxylation is 1. The van der Waals surface area contributed by atoms with Crippen molar-refractivity contribution in [1.29, 1.82) is 0 Å². The normalized spacial score (nSPS) is 10.1. The number of hydrogen-bond acceptors (Lipinski definition) is 2. The first-order valence-electron chi connectivity index (χ1n) is 4.78. The highest BCUT2D eigenvalue weighted by Crippen LogP contribution is 2.16. The Bertz CT molecular complexity index is 525. The molecule has 0 aliphatic rings. The van der Waals surface area contributed by atoms with Crippen LogP contribution in [0.3, 0.4) is 0 Å². The molecule has 17 heavy (non-hydrogen) atoms. The van der Waals surface area contributed by atoms with E-state index in [1.807, 2.05) is 0 Å². The Balaban J connectivity index is 0.00000144. The molecular weight excluding hydrogens is 248 g/mol. The fourth-order valence-electron chi connectivity index (χ4n) is 1.57. The van der Waals surface area contributed by atoms with Gasteiger partial charge in [0, 0.05) is 11.8 Å². The van der Waals surface area contributed by atoms with Crippen LogP contribution in [0.1, 0.15) is 11.1 Å². The molecule has 0 saturated carbocycles. The molecule has 0 spiro atoms. The summed E-state index contributed by atoms with van der Waals surface area (Å²) in [7, 11) is 0. The maximum absolute atomic E-state index is 13.6. The van der Waals surface area contributed by atoms with Crippen molar-refractivity contribution in [3.05, 3.63) is 47.4 Å². The first-order valence-corrected chi connectivity index (χ1v) is 4.78. The van der Waals surface area contributed by atoms with Gasteiger partial charge in [-0.2, -0.15) is 0 Å². The molecule has 1 aromatic heterocycles. The van der Waals surface area contributed by atoms with Crippen LogP contribution in [0, 0.1) is 18.6 Å². The lowest BCUT2D eigenvalue weighted by molar-refractivity contribution is 0.569. The van der Waals surface area contributed by atoms with Crippen LogP contribution in [0.5, 0.6) is 0 Å². The summed E-state index contributed by atoms with van der Waals surface area (Å²) in [4.78, 5) is 3.81. The van der Waals surface area contributed by atoms with Gasteiger partial charge in [-0.25, -0.2) is 13.8 Å². The molecular formula is C11H12ClF2N3. The second kappa shape index (κ2) is 5.14. The SMILES string of the molecule is Cc1cc(F)cc(Cn2cnc(N)c2)c1F.Cl. The lowest BCUT2D eigenvalue weighted by Gasteiger charge is -2.06. The van der Waals surface area contributed by atoms with Crippen molar-refractivity contribution in [2.75, 3.05) is 5.73 Å². The van der Waals surface area contributed by atoms with Crippen molar-refractivity contribution in [3.8, 4) is 0 Å². The van der Waals surface area contributed by atoms with Gasteiger partial charge < -0.3 is 10.3 Å². The van der Waals surface area contributed by atoms with Gasteiger partial charge in [0.05, 0.1) is 12.9 Å². The van der Waals surface area contributed by atoms with E-state index in [0.29, 0.717) is 11.4 Å². The Hall–Kier alpha value is -1.62. The number of anilines is 1. The summed E-state index contributed by atoms with van der Waals surface area (Å²) in [5, 5.41) is 0. The van der Waals surface area contributed by atoms with Gasteiger partial charge in [0.15, 0.2) is 0 Å². The van der Waals surface area contributed by atoms with E-state index in [1.165, 1.54) is 25.4 Å². The number of hydrogen-bond donors (Lipinski definition) is 1. The molecule has 0 bridgehead atoms. The fourth-order valence-corrected chi connectivity index (χ4v) is 1.57. The predicted octanol–water partition coefficient (Wildman–Crippen LogP) is 2.52. The van der Waals surface area contributed by atoms with Crippen LogP contribution in [0.15, 0.2) is 24.7 Å². The van der Waals surface area contributed by atoms with Gasteiger partial charge in [0.2, 0.25) is 0 Å². The van der Waals surface area contributed by atoms with E-state index in [1.54, 1.807) is 10.8 Å². The topological polar surface area (TPSA) is 43.8 Å². The van der Waals surface area contributed by atoms with Crippen LogP contribution in [-0.2, 0) is 6.54 Å². The summed E-state index contributed by atoms with van der Waals surface area (Å²) in [5.41, 5.74) is 6.01. The van der Waals surface area contributed by atoms with E-state index in [-0.39, 0.29) is 24.5 Å². The number of halogens is 3. The summed E-state index contributed by atoms with van der Waals surface area (Å²) in [5.74, 6) is -0.482. The molecule has 0 aliphatic carbocycles. The molecule has 0 aliphatic heterocycles. The van der Waals surface area contributed by atoms with Crippen LogP contribution in [0.4, 0.5) is 14.6 Å². The van der Waals surface area contributed by atoms with E-state index in [0.717, 1.165) is 0 Å². The number of nitrogen functional groups attached to an aromatic ring is 1. The maximum atomic E-state index is 13.6. The quantitative estimate of drug-likeness (QED) is 0.901. The Morgan fingerprint density at radius 2 is 2.06 bits per heavy atom. The molecule has 2 N–H and O–H groups in total. The van der Waals surface area contributed by atoms with Crippen LogP contribution in [-0.4, -0.2) is 9.55 Å². The zero-order chi connectivity index (χ0) is 11.7.